The van der Waals surface area contributed by atoms with Crippen molar-refractivity contribution in [3.63, 3.8) is 0 Å². The van der Waals surface area contributed by atoms with Gasteiger partial charge >= 0.3 is 5.97 Å². The molecule has 0 amide bonds. The van der Waals surface area contributed by atoms with E-state index in [1.54, 1.807) is 4.68 Å². The first kappa shape index (κ1) is 23.3. The number of benzene rings is 3. The highest BCUT2D eigenvalue weighted by molar-refractivity contribution is 6.02. The van der Waals surface area contributed by atoms with E-state index in [9.17, 15) is 4.79 Å². The van der Waals surface area contributed by atoms with E-state index >= 15 is 0 Å². The zero-order valence-electron chi connectivity index (χ0n) is 20.7. The molecule has 0 bridgehead atoms. The Bertz CT molecular complexity index is 1550. The number of hydrogen-bond acceptors (Lipinski definition) is 8. The molecule has 3 heterocycles. The molecular formula is C27H26N6O4. The van der Waals surface area contributed by atoms with Crippen molar-refractivity contribution < 1.29 is 19.0 Å². The molecule has 1 fully saturated rings. The molecule has 2 aromatic heterocycles. The predicted octanol–water partition coefficient (Wildman–Crippen LogP) is 3.90. The van der Waals surface area contributed by atoms with Crippen LogP contribution >= 0.6 is 0 Å². The molecule has 0 radical (unpaired) electrons. The summed E-state index contributed by atoms with van der Waals surface area (Å²) >= 11 is 0. The highest BCUT2D eigenvalue weighted by Gasteiger charge is 2.44. The van der Waals surface area contributed by atoms with Crippen LogP contribution in [0.5, 0.6) is 0 Å². The second kappa shape index (κ2) is 9.06. The van der Waals surface area contributed by atoms with E-state index in [4.69, 9.17) is 14.2 Å². The summed E-state index contributed by atoms with van der Waals surface area (Å²) in [6.07, 6.45) is 2.55. The molecule has 1 aliphatic heterocycles. The second-order valence-corrected chi connectivity index (χ2v) is 9.55. The standard InChI is InChI=1S/C27H26N6O4/c1-27(2)36-24(16-33-15-23(29-31-33)26(34)35-3)25(37-27)22-14-32(30-28-22)13-21-19-10-6-4-8-17(19)12-18-9-5-7-11-20(18)21/h4-12,14-15,24-25H,13,16H2,1-3H3/t24-,25+/m0/s1. The van der Waals surface area contributed by atoms with Crippen molar-refractivity contribution in [3.8, 4) is 0 Å². The summed E-state index contributed by atoms with van der Waals surface area (Å²) in [6, 6.07) is 19.0. The number of hydrogen-bond donors (Lipinski definition) is 0. The van der Waals surface area contributed by atoms with E-state index in [0.29, 0.717) is 18.8 Å². The molecule has 0 aliphatic carbocycles. The van der Waals surface area contributed by atoms with Gasteiger partial charge in [0.05, 0.1) is 32.6 Å². The van der Waals surface area contributed by atoms with Crippen LogP contribution in [-0.2, 0) is 27.3 Å². The Morgan fingerprint density at radius 2 is 1.62 bits per heavy atom. The molecule has 2 atom stereocenters. The van der Waals surface area contributed by atoms with Gasteiger partial charge in [-0.1, -0.05) is 59.0 Å². The fourth-order valence-electron chi connectivity index (χ4n) is 4.95. The molecule has 1 saturated heterocycles. The monoisotopic (exact) mass is 498 g/mol. The van der Waals surface area contributed by atoms with Crippen LogP contribution < -0.4 is 0 Å². The lowest BCUT2D eigenvalue weighted by molar-refractivity contribution is -0.148. The van der Waals surface area contributed by atoms with Crippen LogP contribution in [0.25, 0.3) is 21.5 Å². The van der Waals surface area contributed by atoms with Crippen molar-refractivity contribution in [2.24, 2.45) is 0 Å². The smallest absolute Gasteiger partial charge is 0.360 e. The van der Waals surface area contributed by atoms with E-state index in [1.807, 2.05) is 24.7 Å². The van der Waals surface area contributed by atoms with Crippen LogP contribution in [0.3, 0.4) is 0 Å². The van der Waals surface area contributed by atoms with E-state index < -0.39 is 24.0 Å². The lowest BCUT2D eigenvalue weighted by Crippen LogP contribution is -2.25. The van der Waals surface area contributed by atoms with Crippen LogP contribution in [0.2, 0.25) is 0 Å². The number of aromatic nitrogens is 6. The second-order valence-electron chi connectivity index (χ2n) is 9.55. The van der Waals surface area contributed by atoms with Crippen molar-refractivity contribution in [3.05, 3.63) is 83.9 Å². The SMILES string of the molecule is COC(=O)c1cn(C[C@@H]2OC(C)(C)O[C@@H]2c2cn(Cc3c4ccccc4cc4ccccc34)nn2)nn1. The molecule has 37 heavy (non-hydrogen) atoms. The number of nitrogens with zero attached hydrogens (tertiary/aromatic N) is 6. The maximum absolute atomic E-state index is 11.8. The Morgan fingerprint density at radius 3 is 2.32 bits per heavy atom. The fraction of sp³-hybridized carbons (Fsp3) is 0.296. The zero-order valence-corrected chi connectivity index (χ0v) is 20.7. The summed E-state index contributed by atoms with van der Waals surface area (Å²) in [4.78, 5) is 11.8. The Morgan fingerprint density at radius 1 is 0.946 bits per heavy atom. The number of rotatable bonds is 6. The molecule has 0 N–H and O–H groups in total. The van der Waals surface area contributed by atoms with E-state index in [1.165, 1.54) is 40.4 Å². The van der Waals surface area contributed by atoms with Gasteiger partial charge in [-0.15, -0.1) is 10.2 Å². The van der Waals surface area contributed by atoms with Gasteiger partial charge in [0.2, 0.25) is 0 Å². The summed E-state index contributed by atoms with van der Waals surface area (Å²) in [7, 11) is 1.30. The van der Waals surface area contributed by atoms with E-state index in [2.05, 4.69) is 75.2 Å². The molecule has 10 heteroatoms. The average Bonchev–Trinajstić information content (AvgIpc) is 3.62. The number of methoxy groups -OCH3 is 1. The first-order chi connectivity index (χ1) is 17.9. The first-order valence-corrected chi connectivity index (χ1v) is 12.0. The minimum atomic E-state index is -0.823. The zero-order chi connectivity index (χ0) is 25.6. The molecule has 5 aromatic rings. The number of carbonyl (C=O) groups is 1. The number of ether oxygens (including phenoxy) is 3. The molecule has 188 valence electrons. The third-order valence-electron chi connectivity index (χ3n) is 6.53. The number of fused-ring (bicyclic) bond motifs is 2. The third-order valence-corrected chi connectivity index (χ3v) is 6.53. The Labute approximate surface area is 212 Å². The van der Waals surface area contributed by atoms with Gasteiger partial charge < -0.3 is 14.2 Å². The van der Waals surface area contributed by atoms with Gasteiger partial charge in [-0.25, -0.2) is 14.2 Å². The van der Waals surface area contributed by atoms with Crippen LogP contribution in [0.1, 0.15) is 41.7 Å². The van der Waals surface area contributed by atoms with Gasteiger partial charge in [0.25, 0.3) is 0 Å². The normalized spacial score (nSPS) is 19.0. The van der Waals surface area contributed by atoms with Gasteiger partial charge in [-0.05, 0) is 47.0 Å². The van der Waals surface area contributed by atoms with Gasteiger partial charge in [-0.2, -0.15) is 0 Å². The highest BCUT2D eigenvalue weighted by Crippen LogP contribution is 2.38. The molecule has 0 unspecified atom stereocenters. The maximum Gasteiger partial charge on any atom is 0.360 e. The van der Waals surface area contributed by atoms with Crippen LogP contribution in [0, 0.1) is 0 Å². The van der Waals surface area contributed by atoms with E-state index in [-0.39, 0.29) is 5.69 Å². The summed E-state index contributed by atoms with van der Waals surface area (Å²) in [5.41, 5.74) is 1.97. The maximum atomic E-state index is 11.8. The Kier molecular flexibility index (Phi) is 5.69. The minimum absolute atomic E-state index is 0.130. The van der Waals surface area contributed by atoms with Crippen LogP contribution in [0.4, 0.5) is 0 Å². The molecular weight excluding hydrogens is 472 g/mol. The fourth-order valence-corrected chi connectivity index (χ4v) is 4.95. The molecule has 6 rings (SSSR count). The summed E-state index contributed by atoms with van der Waals surface area (Å²) < 4.78 is 20.5. The van der Waals surface area contributed by atoms with Crippen molar-refractivity contribution in [1.82, 2.24) is 30.0 Å². The lowest BCUT2D eigenvalue weighted by Gasteiger charge is -2.16. The third kappa shape index (κ3) is 4.45. The molecule has 1 aliphatic rings. The Balaban J connectivity index is 1.29. The highest BCUT2D eigenvalue weighted by atomic mass is 16.8. The summed E-state index contributed by atoms with van der Waals surface area (Å²) in [5, 5.41) is 21.5. The largest absolute Gasteiger partial charge is 0.464 e. The van der Waals surface area contributed by atoms with Gasteiger partial charge in [0.1, 0.15) is 17.9 Å². The minimum Gasteiger partial charge on any atom is -0.464 e. The van der Waals surface area contributed by atoms with Gasteiger partial charge in [0.15, 0.2) is 11.5 Å². The summed E-state index contributed by atoms with van der Waals surface area (Å²) in [6.45, 7) is 4.59. The quantitative estimate of drug-likeness (QED) is 0.256. The molecule has 10 nitrogen and oxygen atoms in total. The predicted molar refractivity (Wildman–Crippen MR) is 135 cm³/mol. The van der Waals surface area contributed by atoms with Crippen molar-refractivity contribution in [2.75, 3.05) is 7.11 Å². The van der Waals surface area contributed by atoms with E-state index in [0.717, 1.165) is 0 Å². The first-order valence-electron chi connectivity index (χ1n) is 12.0. The van der Waals surface area contributed by atoms with Crippen molar-refractivity contribution in [1.29, 1.82) is 0 Å². The van der Waals surface area contributed by atoms with Gasteiger partial charge in [0, 0.05) is 0 Å². The molecule has 0 saturated carbocycles. The Hall–Kier alpha value is -4.15. The van der Waals surface area contributed by atoms with Crippen molar-refractivity contribution >= 4 is 27.5 Å². The topological polar surface area (TPSA) is 106 Å². The van der Waals surface area contributed by atoms with Crippen molar-refractivity contribution in [2.45, 2.75) is 44.9 Å². The average molecular weight is 499 g/mol. The van der Waals surface area contributed by atoms with Crippen LogP contribution in [0.15, 0.2) is 67.0 Å². The van der Waals surface area contributed by atoms with Crippen LogP contribution in [-0.4, -0.2) is 55.0 Å². The van der Waals surface area contributed by atoms with Gasteiger partial charge in [-0.3, -0.25) is 0 Å². The lowest BCUT2D eigenvalue weighted by atomic mass is 9.97. The molecule has 3 aromatic carbocycles. The molecule has 0 spiro atoms. The number of carbonyl (C=O) groups excluding carboxylic acids is 1. The number of esters is 1. The summed E-state index contributed by atoms with van der Waals surface area (Å²) in [5.74, 6) is -1.37.